The molecule has 0 aliphatic heterocycles. The van der Waals surface area contributed by atoms with Crippen molar-refractivity contribution < 1.29 is 0 Å². The van der Waals surface area contributed by atoms with E-state index in [9.17, 15) is 0 Å². The summed E-state index contributed by atoms with van der Waals surface area (Å²) in [5, 5.41) is 4.42. The van der Waals surface area contributed by atoms with Gasteiger partial charge in [-0.3, -0.25) is 9.67 Å². The summed E-state index contributed by atoms with van der Waals surface area (Å²) in [7, 11) is 1.92. The molecule has 2 N–H and O–H groups in total. The second-order valence-corrected chi connectivity index (χ2v) is 3.46. The normalized spacial score (nSPS) is 10.5. The van der Waals surface area contributed by atoms with Crippen LogP contribution in [0, 0.1) is 0 Å². The maximum Gasteiger partial charge on any atom is 0.0970 e. The first kappa shape index (κ1) is 9.86. The highest BCUT2D eigenvalue weighted by Gasteiger charge is 2.08. The fraction of sp³-hybridized carbons (Fsp3) is 0.273. The molecule has 0 aliphatic rings. The molecular weight excluding hydrogens is 188 g/mol. The number of rotatable bonds is 3. The molecule has 0 spiro atoms. The number of pyridine rings is 1. The van der Waals surface area contributed by atoms with Gasteiger partial charge in [-0.1, -0.05) is 0 Å². The lowest BCUT2D eigenvalue weighted by Crippen LogP contribution is -2.02. The zero-order chi connectivity index (χ0) is 10.7. The second kappa shape index (κ2) is 4.23. The highest BCUT2D eigenvalue weighted by Crippen LogP contribution is 2.20. The first-order valence-electron chi connectivity index (χ1n) is 4.94. The van der Waals surface area contributed by atoms with Gasteiger partial charge < -0.3 is 5.73 Å². The molecule has 4 nitrogen and oxygen atoms in total. The molecular formula is C11H14N4. The zero-order valence-corrected chi connectivity index (χ0v) is 8.72. The van der Waals surface area contributed by atoms with E-state index in [1.54, 1.807) is 6.20 Å². The molecule has 0 bridgehead atoms. The third-order valence-electron chi connectivity index (χ3n) is 2.25. The lowest BCUT2D eigenvalue weighted by atomic mass is 10.1. The number of hydrogen-bond acceptors (Lipinski definition) is 3. The van der Waals surface area contributed by atoms with E-state index >= 15 is 0 Å². The molecule has 2 rings (SSSR count). The molecule has 0 fully saturated rings. The van der Waals surface area contributed by atoms with Gasteiger partial charge in [0.2, 0.25) is 0 Å². The zero-order valence-electron chi connectivity index (χ0n) is 8.72. The Morgan fingerprint density at radius 3 is 3.00 bits per heavy atom. The van der Waals surface area contributed by atoms with Crippen LogP contribution in [0.15, 0.2) is 30.7 Å². The maximum absolute atomic E-state index is 5.56. The van der Waals surface area contributed by atoms with Crippen molar-refractivity contribution in [2.24, 2.45) is 12.8 Å². The van der Waals surface area contributed by atoms with Crippen LogP contribution in [0.5, 0.6) is 0 Å². The van der Waals surface area contributed by atoms with Crippen LogP contribution in [-0.2, 0) is 13.5 Å². The molecule has 15 heavy (non-hydrogen) atoms. The van der Waals surface area contributed by atoms with Gasteiger partial charge in [0.05, 0.1) is 5.69 Å². The third-order valence-corrected chi connectivity index (χ3v) is 2.25. The molecule has 4 heteroatoms. The monoisotopic (exact) mass is 202 g/mol. The van der Waals surface area contributed by atoms with Crippen LogP contribution in [-0.4, -0.2) is 21.3 Å². The van der Waals surface area contributed by atoms with Gasteiger partial charge in [0.1, 0.15) is 0 Å². The van der Waals surface area contributed by atoms with Crippen LogP contribution in [0.3, 0.4) is 0 Å². The minimum Gasteiger partial charge on any atom is -0.330 e. The maximum atomic E-state index is 5.56. The van der Waals surface area contributed by atoms with Gasteiger partial charge in [0.15, 0.2) is 0 Å². The predicted octanol–water partition coefficient (Wildman–Crippen LogP) is 0.983. The van der Waals surface area contributed by atoms with Crippen molar-refractivity contribution in [2.45, 2.75) is 6.42 Å². The van der Waals surface area contributed by atoms with Gasteiger partial charge in [0, 0.05) is 31.2 Å². The smallest absolute Gasteiger partial charge is 0.0970 e. The number of nitrogens with zero attached hydrogens (tertiary/aromatic N) is 3. The van der Waals surface area contributed by atoms with E-state index in [1.165, 1.54) is 5.56 Å². The van der Waals surface area contributed by atoms with Crippen molar-refractivity contribution in [2.75, 3.05) is 6.54 Å². The van der Waals surface area contributed by atoms with E-state index in [-0.39, 0.29) is 0 Å². The number of hydrogen-bond donors (Lipinski definition) is 1. The molecule has 0 saturated carbocycles. The van der Waals surface area contributed by atoms with Gasteiger partial charge in [-0.25, -0.2) is 0 Å². The average Bonchev–Trinajstić information content (AvgIpc) is 2.62. The molecule has 2 aromatic heterocycles. The van der Waals surface area contributed by atoms with E-state index in [2.05, 4.69) is 10.1 Å². The standard InChI is InChI=1S/C11H14N4/c1-15-8-10(4-5-12)11(14-15)9-3-2-6-13-7-9/h2-3,6-8H,4-5,12H2,1H3. The highest BCUT2D eigenvalue weighted by molar-refractivity contribution is 5.61. The van der Waals surface area contributed by atoms with Crippen molar-refractivity contribution in [3.63, 3.8) is 0 Å². The molecule has 0 radical (unpaired) electrons. The minimum atomic E-state index is 0.638. The van der Waals surface area contributed by atoms with E-state index in [0.717, 1.165) is 17.7 Å². The van der Waals surface area contributed by atoms with E-state index in [1.807, 2.05) is 36.3 Å². The number of aryl methyl sites for hydroxylation is 1. The molecule has 0 saturated heterocycles. The average molecular weight is 202 g/mol. The molecule has 0 atom stereocenters. The summed E-state index contributed by atoms with van der Waals surface area (Å²) in [5.74, 6) is 0. The molecule has 0 amide bonds. The summed E-state index contributed by atoms with van der Waals surface area (Å²) in [4.78, 5) is 4.09. The van der Waals surface area contributed by atoms with Gasteiger partial charge in [-0.05, 0) is 30.7 Å². The van der Waals surface area contributed by atoms with Crippen LogP contribution < -0.4 is 5.73 Å². The minimum absolute atomic E-state index is 0.638. The van der Waals surface area contributed by atoms with Gasteiger partial charge in [-0.15, -0.1) is 0 Å². The van der Waals surface area contributed by atoms with Crippen molar-refractivity contribution in [1.29, 1.82) is 0 Å². The molecule has 0 aliphatic carbocycles. The summed E-state index contributed by atoms with van der Waals surface area (Å²) in [6.45, 7) is 0.638. The summed E-state index contributed by atoms with van der Waals surface area (Å²) in [6.07, 6.45) is 6.44. The van der Waals surface area contributed by atoms with Crippen LogP contribution in [0.25, 0.3) is 11.3 Å². The Labute approximate surface area is 88.8 Å². The van der Waals surface area contributed by atoms with Gasteiger partial charge in [-0.2, -0.15) is 5.10 Å². The van der Waals surface area contributed by atoms with Crippen molar-refractivity contribution in [3.05, 3.63) is 36.3 Å². The molecule has 0 unspecified atom stereocenters. The summed E-state index contributed by atoms with van der Waals surface area (Å²) >= 11 is 0. The van der Waals surface area contributed by atoms with Crippen LogP contribution >= 0.6 is 0 Å². The first-order valence-corrected chi connectivity index (χ1v) is 4.94. The largest absolute Gasteiger partial charge is 0.330 e. The molecule has 78 valence electrons. The predicted molar refractivity (Wildman–Crippen MR) is 59.2 cm³/mol. The lowest BCUT2D eigenvalue weighted by Gasteiger charge is -1.99. The van der Waals surface area contributed by atoms with E-state index < -0.39 is 0 Å². The van der Waals surface area contributed by atoms with Gasteiger partial charge >= 0.3 is 0 Å². The topological polar surface area (TPSA) is 56.7 Å². The van der Waals surface area contributed by atoms with Crippen LogP contribution in [0.4, 0.5) is 0 Å². The fourth-order valence-corrected chi connectivity index (χ4v) is 1.62. The Morgan fingerprint density at radius 1 is 1.47 bits per heavy atom. The Balaban J connectivity index is 2.43. The lowest BCUT2D eigenvalue weighted by molar-refractivity contribution is 0.769. The van der Waals surface area contributed by atoms with E-state index in [4.69, 9.17) is 5.73 Å². The Kier molecular flexibility index (Phi) is 2.78. The first-order chi connectivity index (χ1) is 7.31. The van der Waals surface area contributed by atoms with Crippen molar-refractivity contribution in [1.82, 2.24) is 14.8 Å². The SMILES string of the molecule is Cn1cc(CCN)c(-c2cccnc2)n1. The number of nitrogens with two attached hydrogens (primary N) is 1. The number of aromatic nitrogens is 3. The Hall–Kier alpha value is -1.68. The highest BCUT2D eigenvalue weighted by atomic mass is 15.3. The van der Waals surface area contributed by atoms with Crippen molar-refractivity contribution in [3.8, 4) is 11.3 Å². The third kappa shape index (κ3) is 2.05. The van der Waals surface area contributed by atoms with E-state index in [0.29, 0.717) is 6.54 Å². The molecule has 2 aromatic rings. The van der Waals surface area contributed by atoms with Crippen LogP contribution in [0.2, 0.25) is 0 Å². The van der Waals surface area contributed by atoms with Crippen LogP contribution in [0.1, 0.15) is 5.56 Å². The Bertz CT molecular complexity index is 433. The summed E-state index contributed by atoms with van der Waals surface area (Å²) in [5.41, 5.74) is 8.76. The summed E-state index contributed by atoms with van der Waals surface area (Å²) < 4.78 is 1.81. The quantitative estimate of drug-likeness (QED) is 0.807. The molecule has 2 heterocycles. The summed E-state index contributed by atoms with van der Waals surface area (Å²) in [6, 6.07) is 3.92. The fourth-order valence-electron chi connectivity index (χ4n) is 1.62. The van der Waals surface area contributed by atoms with Gasteiger partial charge in [0.25, 0.3) is 0 Å². The Morgan fingerprint density at radius 2 is 2.33 bits per heavy atom. The second-order valence-electron chi connectivity index (χ2n) is 3.46. The van der Waals surface area contributed by atoms with Crippen molar-refractivity contribution >= 4 is 0 Å². The molecule has 0 aromatic carbocycles.